The van der Waals surface area contributed by atoms with Gasteiger partial charge in [-0.05, 0) is 35.5 Å². The standard InChI is InChI=1S/C4H9ClS2/c1-4(2,3-6)7-5/h6H,3H2,1-2H3. The minimum absolute atomic E-state index is 0.130. The van der Waals surface area contributed by atoms with E-state index in [1.165, 1.54) is 11.0 Å². The van der Waals surface area contributed by atoms with Gasteiger partial charge in [0.2, 0.25) is 0 Å². The number of hydrogen-bond acceptors (Lipinski definition) is 2. The van der Waals surface area contributed by atoms with Crippen LogP contribution >= 0.6 is 34.3 Å². The topological polar surface area (TPSA) is 0 Å². The van der Waals surface area contributed by atoms with Crippen LogP contribution in [-0.4, -0.2) is 10.5 Å². The molecule has 44 valence electrons. The molecule has 0 unspecified atom stereocenters. The van der Waals surface area contributed by atoms with Crippen LogP contribution in [0.2, 0.25) is 0 Å². The first kappa shape index (κ1) is 7.99. The van der Waals surface area contributed by atoms with Crippen LogP contribution < -0.4 is 0 Å². The summed E-state index contributed by atoms with van der Waals surface area (Å²) in [7, 11) is 6.78. The third-order valence-electron chi connectivity index (χ3n) is 0.590. The molecule has 0 aliphatic carbocycles. The molecule has 0 N–H and O–H groups in total. The zero-order valence-electron chi connectivity index (χ0n) is 4.44. The summed E-state index contributed by atoms with van der Waals surface area (Å²) in [5.74, 6) is 0.821. The van der Waals surface area contributed by atoms with E-state index in [1.54, 1.807) is 0 Å². The van der Waals surface area contributed by atoms with Crippen molar-refractivity contribution < 1.29 is 0 Å². The molecule has 0 heterocycles. The van der Waals surface area contributed by atoms with Gasteiger partial charge in [-0.15, -0.1) is 0 Å². The van der Waals surface area contributed by atoms with Gasteiger partial charge in [-0.3, -0.25) is 0 Å². The quantitative estimate of drug-likeness (QED) is 0.600. The fraction of sp³-hybridized carbons (Fsp3) is 1.00. The maximum absolute atomic E-state index is 5.46. The summed E-state index contributed by atoms with van der Waals surface area (Å²) >= 11 is 4.08. The SMILES string of the molecule is CC(C)(CS)SCl. The van der Waals surface area contributed by atoms with Crippen LogP contribution in [0.4, 0.5) is 0 Å². The minimum Gasteiger partial charge on any atom is -0.178 e. The molecule has 0 fully saturated rings. The summed E-state index contributed by atoms with van der Waals surface area (Å²) < 4.78 is 0.130. The molecule has 7 heavy (non-hydrogen) atoms. The lowest BCUT2D eigenvalue weighted by Gasteiger charge is -2.14. The highest BCUT2D eigenvalue weighted by Crippen LogP contribution is 2.28. The molecule has 0 aliphatic rings. The molecule has 0 saturated carbocycles. The normalized spacial score (nSPS) is 12.0. The highest BCUT2D eigenvalue weighted by Gasteiger charge is 2.13. The first-order valence-electron chi connectivity index (χ1n) is 2.03. The van der Waals surface area contributed by atoms with E-state index in [9.17, 15) is 0 Å². The van der Waals surface area contributed by atoms with E-state index in [2.05, 4.69) is 26.5 Å². The second kappa shape index (κ2) is 3.10. The van der Waals surface area contributed by atoms with Crippen molar-refractivity contribution in [3.8, 4) is 0 Å². The van der Waals surface area contributed by atoms with Crippen molar-refractivity contribution in [1.82, 2.24) is 0 Å². The second-order valence-electron chi connectivity index (χ2n) is 1.99. The molecule has 0 radical (unpaired) electrons. The number of halogens is 1. The van der Waals surface area contributed by atoms with E-state index >= 15 is 0 Å². The van der Waals surface area contributed by atoms with E-state index in [1.807, 2.05) is 0 Å². The Morgan fingerprint density at radius 3 is 2.14 bits per heavy atom. The fourth-order valence-corrected chi connectivity index (χ4v) is 0.659. The molecule has 0 bridgehead atoms. The molecule has 0 amide bonds. The maximum Gasteiger partial charge on any atom is 0.0343 e. The van der Waals surface area contributed by atoms with Gasteiger partial charge in [0.1, 0.15) is 0 Å². The molecular formula is C4H9ClS2. The fourth-order valence-electron chi connectivity index (χ4n) is 0.0244. The van der Waals surface area contributed by atoms with Crippen LogP contribution in [0.1, 0.15) is 13.8 Å². The van der Waals surface area contributed by atoms with Crippen LogP contribution in [0.15, 0.2) is 0 Å². The van der Waals surface area contributed by atoms with Crippen molar-refractivity contribution in [2.24, 2.45) is 0 Å². The molecule has 0 atom stereocenters. The van der Waals surface area contributed by atoms with Gasteiger partial charge in [-0.25, -0.2) is 0 Å². The van der Waals surface area contributed by atoms with Gasteiger partial charge >= 0.3 is 0 Å². The second-order valence-corrected chi connectivity index (χ2v) is 4.03. The third-order valence-corrected chi connectivity index (χ3v) is 3.41. The number of rotatable bonds is 2. The van der Waals surface area contributed by atoms with Crippen LogP contribution in [0, 0.1) is 0 Å². The Bertz CT molecular complexity index is 47.7. The third kappa shape index (κ3) is 3.56. The average Bonchev–Trinajstić information content (AvgIpc) is 1.68. The van der Waals surface area contributed by atoms with Gasteiger partial charge < -0.3 is 0 Å². The largest absolute Gasteiger partial charge is 0.178 e. The summed E-state index contributed by atoms with van der Waals surface area (Å²) in [5, 5.41) is 0. The van der Waals surface area contributed by atoms with Gasteiger partial charge in [0.05, 0.1) is 0 Å². The summed E-state index contributed by atoms with van der Waals surface area (Å²) in [4.78, 5) is 0. The van der Waals surface area contributed by atoms with Crippen molar-refractivity contribution in [2.75, 3.05) is 5.75 Å². The Balaban J connectivity index is 3.36. The van der Waals surface area contributed by atoms with Crippen molar-refractivity contribution in [1.29, 1.82) is 0 Å². The number of hydrogen-bond donors (Lipinski definition) is 1. The number of thiol groups is 1. The predicted molar refractivity (Wildman–Crippen MR) is 41.4 cm³/mol. The molecule has 0 aromatic carbocycles. The minimum atomic E-state index is 0.130. The van der Waals surface area contributed by atoms with Gasteiger partial charge in [0.25, 0.3) is 0 Å². The highest BCUT2D eigenvalue weighted by molar-refractivity contribution is 8.22. The highest BCUT2D eigenvalue weighted by atomic mass is 35.7. The Kier molecular flexibility index (Phi) is 3.54. The van der Waals surface area contributed by atoms with Crippen molar-refractivity contribution >= 4 is 34.3 Å². The Morgan fingerprint density at radius 2 is 2.14 bits per heavy atom. The lowest BCUT2D eigenvalue weighted by molar-refractivity contribution is 0.826. The van der Waals surface area contributed by atoms with Crippen molar-refractivity contribution in [3.63, 3.8) is 0 Å². The van der Waals surface area contributed by atoms with E-state index in [-0.39, 0.29) is 4.75 Å². The Hall–Kier alpha value is 0.990. The first-order valence-corrected chi connectivity index (χ1v) is 4.30. The van der Waals surface area contributed by atoms with Crippen LogP contribution in [0.25, 0.3) is 0 Å². The van der Waals surface area contributed by atoms with E-state index < -0.39 is 0 Å². The summed E-state index contributed by atoms with van der Waals surface area (Å²) in [6.07, 6.45) is 0. The summed E-state index contributed by atoms with van der Waals surface area (Å²) in [6, 6.07) is 0. The monoisotopic (exact) mass is 156 g/mol. The van der Waals surface area contributed by atoms with Crippen LogP contribution in [0.5, 0.6) is 0 Å². The van der Waals surface area contributed by atoms with Crippen molar-refractivity contribution in [3.05, 3.63) is 0 Å². The van der Waals surface area contributed by atoms with Crippen LogP contribution in [0.3, 0.4) is 0 Å². The van der Waals surface area contributed by atoms with Gasteiger partial charge in [-0.1, -0.05) is 0 Å². The summed E-state index contributed by atoms with van der Waals surface area (Å²) in [5.41, 5.74) is 0. The Labute approximate surface area is 58.9 Å². The van der Waals surface area contributed by atoms with E-state index in [0.29, 0.717) is 0 Å². The molecule has 0 aliphatic heterocycles. The predicted octanol–water partition coefficient (Wildman–Crippen LogP) is 2.58. The van der Waals surface area contributed by atoms with Gasteiger partial charge in [0.15, 0.2) is 0 Å². The maximum atomic E-state index is 5.46. The molecule has 0 aromatic rings. The van der Waals surface area contributed by atoms with Gasteiger partial charge in [-0.2, -0.15) is 12.6 Å². The average molecular weight is 157 g/mol. The van der Waals surface area contributed by atoms with Crippen LogP contribution in [-0.2, 0) is 0 Å². The molecule has 3 heteroatoms. The molecule has 0 rings (SSSR count). The zero-order chi connectivity index (χ0) is 5.91. The summed E-state index contributed by atoms with van der Waals surface area (Å²) in [6.45, 7) is 4.11. The lowest BCUT2D eigenvalue weighted by atomic mass is 10.2. The van der Waals surface area contributed by atoms with Gasteiger partial charge in [0, 0.05) is 10.5 Å². The zero-order valence-corrected chi connectivity index (χ0v) is 6.91. The molecule has 0 nitrogen and oxygen atoms in total. The molecule has 0 saturated heterocycles. The van der Waals surface area contributed by atoms with E-state index in [0.717, 1.165) is 5.75 Å². The smallest absolute Gasteiger partial charge is 0.0343 e. The Morgan fingerprint density at radius 1 is 1.71 bits per heavy atom. The molecule has 0 aromatic heterocycles. The first-order chi connectivity index (χ1) is 3.12. The molecule has 0 spiro atoms. The van der Waals surface area contributed by atoms with Crippen molar-refractivity contribution in [2.45, 2.75) is 18.6 Å². The lowest BCUT2D eigenvalue weighted by Crippen LogP contribution is -2.13. The molecular weight excluding hydrogens is 148 g/mol. The van der Waals surface area contributed by atoms with E-state index in [4.69, 9.17) is 10.7 Å².